The molecule has 0 amide bonds. The van der Waals surface area contributed by atoms with Gasteiger partial charge in [-0.3, -0.25) is 0 Å². The first-order chi connectivity index (χ1) is 9.72. The predicted molar refractivity (Wildman–Crippen MR) is 81.1 cm³/mol. The summed E-state index contributed by atoms with van der Waals surface area (Å²) in [4.78, 5) is 23.7. The fraction of sp³-hybridized carbons (Fsp3) is 0.125. The Balaban J connectivity index is 2.41. The molecule has 0 aromatic heterocycles. The molecule has 2 aromatic carbocycles. The maximum atomic E-state index is 12.3. The van der Waals surface area contributed by atoms with Gasteiger partial charge in [-0.15, -0.1) is 0 Å². The summed E-state index contributed by atoms with van der Waals surface area (Å²) in [6.45, 7) is 2.00. The minimum absolute atomic E-state index is 0.277. The molecule has 3 nitrogen and oxygen atoms in total. The summed E-state index contributed by atoms with van der Waals surface area (Å²) in [5.74, 6) is 0.595. The molecule has 1 unspecified atom stereocenters. The molecule has 0 aliphatic heterocycles. The van der Waals surface area contributed by atoms with Crippen molar-refractivity contribution in [3.05, 3.63) is 54.6 Å². The third-order valence-electron chi connectivity index (χ3n) is 2.74. The van der Waals surface area contributed by atoms with Gasteiger partial charge in [0.1, 0.15) is 0 Å². The molecule has 0 saturated heterocycles. The molecule has 0 spiro atoms. The second-order valence-corrected chi connectivity index (χ2v) is 5.48. The van der Waals surface area contributed by atoms with Gasteiger partial charge in [-0.1, -0.05) is 42.5 Å². The van der Waals surface area contributed by atoms with Crippen molar-refractivity contribution < 1.29 is 14.4 Å². The molecule has 0 aliphatic rings. The monoisotopic (exact) mass is 286 g/mol. The lowest BCUT2D eigenvalue weighted by molar-refractivity contribution is -0.150. The first-order valence-electron chi connectivity index (χ1n) is 6.35. The largest absolute Gasteiger partial charge is 0.626 e. The number of ether oxygens (including phenoxy) is 1. The van der Waals surface area contributed by atoms with E-state index in [9.17, 15) is 9.69 Å². The molecule has 0 radical (unpaired) electrons. The number of carbonyl (C=O) groups excluding carboxylic acids is 1. The standard InChI is InChI=1S/C16H15O3P/c1-2-19-16(17)12-20(18)15-11-7-6-10-14(15)13-8-4-3-5-9-13/h3-12H,2H2,1H3. The minimum atomic E-state index is -1.92. The van der Waals surface area contributed by atoms with E-state index in [0.29, 0.717) is 5.30 Å². The van der Waals surface area contributed by atoms with Crippen molar-refractivity contribution in [1.82, 2.24) is 0 Å². The zero-order valence-corrected chi connectivity index (χ0v) is 12.0. The number of benzene rings is 2. The lowest BCUT2D eigenvalue weighted by Gasteiger charge is -2.06. The molecule has 0 saturated carbocycles. The Labute approximate surface area is 119 Å². The Hall–Kier alpha value is -1.96. The number of esters is 1. The molecule has 0 aliphatic carbocycles. The molecular formula is C16H15O3P. The smallest absolute Gasteiger partial charge is 0.373 e. The molecule has 2 rings (SSSR count). The van der Waals surface area contributed by atoms with Crippen molar-refractivity contribution in [3.8, 4) is 11.1 Å². The van der Waals surface area contributed by atoms with Crippen LogP contribution in [-0.2, 0) is 9.53 Å². The van der Waals surface area contributed by atoms with Crippen molar-refractivity contribution in [2.24, 2.45) is 0 Å². The molecule has 4 heteroatoms. The van der Waals surface area contributed by atoms with Gasteiger partial charge in [0.25, 0.3) is 0 Å². The van der Waals surface area contributed by atoms with Crippen molar-refractivity contribution in [3.63, 3.8) is 0 Å². The van der Waals surface area contributed by atoms with Crippen molar-refractivity contribution >= 4 is 24.8 Å². The van der Waals surface area contributed by atoms with Crippen LogP contribution < -0.4 is 10.2 Å². The predicted octanol–water partition coefficient (Wildman–Crippen LogP) is 2.10. The van der Waals surface area contributed by atoms with E-state index in [2.05, 4.69) is 0 Å². The summed E-state index contributed by atoms with van der Waals surface area (Å²) in [5.41, 5.74) is 1.85. The Bertz CT molecular complexity index is 621. The molecule has 2 aromatic rings. The highest BCUT2D eigenvalue weighted by atomic mass is 31.1. The molecular weight excluding hydrogens is 271 g/mol. The van der Waals surface area contributed by atoms with Crippen LogP contribution in [0.4, 0.5) is 0 Å². The van der Waals surface area contributed by atoms with Crippen molar-refractivity contribution in [2.75, 3.05) is 6.61 Å². The van der Waals surface area contributed by atoms with E-state index < -0.39 is 13.7 Å². The van der Waals surface area contributed by atoms with Crippen LogP contribution in [0.5, 0.6) is 0 Å². The van der Waals surface area contributed by atoms with E-state index in [1.54, 1.807) is 13.0 Å². The summed E-state index contributed by atoms with van der Waals surface area (Å²) >= 11 is 0. The van der Waals surface area contributed by atoms with Crippen LogP contribution in [-0.4, -0.2) is 18.4 Å². The lowest BCUT2D eigenvalue weighted by Crippen LogP contribution is -2.14. The zero-order valence-electron chi connectivity index (χ0n) is 11.2. The molecule has 0 fully saturated rings. The summed E-state index contributed by atoms with van der Waals surface area (Å²) in [5, 5.41) is 0.641. The maximum Gasteiger partial charge on any atom is 0.373 e. The van der Waals surface area contributed by atoms with Gasteiger partial charge in [-0.05, 0) is 24.6 Å². The van der Waals surface area contributed by atoms with Crippen LogP contribution in [0.3, 0.4) is 0 Å². The van der Waals surface area contributed by atoms with Gasteiger partial charge in [0.05, 0.1) is 14.4 Å². The van der Waals surface area contributed by atoms with E-state index in [0.717, 1.165) is 16.9 Å². The van der Waals surface area contributed by atoms with Gasteiger partial charge in [0, 0.05) is 5.56 Å². The first-order valence-corrected chi connectivity index (χ1v) is 7.67. The topological polar surface area (TPSA) is 49.4 Å². The highest BCUT2D eigenvalue weighted by Gasteiger charge is 2.13. The SMILES string of the molecule is CCOC(=O)C=[P+]([O-])c1ccccc1-c1ccccc1. The number of hydrogen-bond donors (Lipinski definition) is 0. The van der Waals surface area contributed by atoms with Gasteiger partial charge in [0.15, 0.2) is 11.1 Å². The van der Waals surface area contributed by atoms with Crippen LogP contribution in [0.15, 0.2) is 54.6 Å². The lowest BCUT2D eigenvalue weighted by atomic mass is 10.1. The molecule has 0 N–H and O–H groups in total. The normalized spacial score (nSPS) is 11.2. The Morgan fingerprint density at radius 1 is 1.15 bits per heavy atom. The average Bonchev–Trinajstić information content (AvgIpc) is 2.48. The second kappa shape index (κ2) is 6.99. The van der Waals surface area contributed by atoms with Crippen molar-refractivity contribution in [2.45, 2.75) is 6.92 Å². The van der Waals surface area contributed by atoms with Gasteiger partial charge in [-0.25, -0.2) is 4.79 Å². The van der Waals surface area contributed by atoms with Gasteiger partial charge in [0.2, 0.25) is 0 Å². The first kappa shape index (κ1) is 14.4. The maximum absolute atomic E-state index is 12.3. The Morgan fingerprint density at radius 2 is 1.80 bits per heavy atom. The van der Waals surface area contributed by atoms with E-state index in [4.69, 9.17) is 4.74 Å². The van der Waals surface area contributed by atoms with Crippen LogP contribution in [0, 0.1) is 0 Å². The fourth-order valence-electron chi connectivity index (χ4n) is 1.87. The highest BCUT2D eigenvalue weighted by molar-refractivity contribution is 7.60. The van der Waals surface area contributed by atoms with Crippen LogP contribution in [0.2, 0.25) is 0 Å². The summed E-state index contributed by atoms with van der Waals surface area (Å²) in [6, 6.07) is 17.1. The van der Waals surface area contributed by atoms with Crippen LogP contribution in [0.1, 0.15) is 6.92 Å². The number of rotatable bonds is 4. The van der Waals surface area contributed by atoms with Crippen LogP contribution in [0.25, 0.3) is 11.1 Å². The van der Waals surface area contributed by atoms with Gasteiger partial charge >= 0.3 is 5.97 Å². The molecule has 20 heavy (non-hydrogen) atoms. The molecule has 0 bridgehead atoms. The second-order valence-electron chi connectivity index (χ2n) is 4.09. The Morgan fingerprint density at radius 3 is 2.50 bits per heavy atom. The quantitative estimate of drug-likeness (QED) is 0.639. The van der Waals surface area contributed by atoms with E-state index in [1.807, 2.05) is 48.5 Å². The summed E-state index contributed by atoms with van der Waals surface area (Å²) in [7, 11) is -1.92. The highest BCUT2D eigenvalue weighted by Crippen LogP contribution is 2.23. The van der Waals surface area contributed by atoms with E-state index in [-0.39, 0.29) is 6.61 Å². The third kappa shape index (κ3) is 3.53. The van der Waals surface area contributed by atoms with Gasteiger partial charge < -0.3 is 9.63 Å². The third-order valence-corrected chi connectivity index (χ3v) is 4.05. The zero-order chi connectivity index (χ0) is 14.4. The van der Waals surface area contributed by atoms with E-state index >= 15 is 0 Å². The molecule has 102 valence electrons. The van der Waals surface area contributed by atoms with E-state index in [1.165, 1.54) is 0 Å². The van der Waals surface area contributed by atoms with Crippen LogP contribution >= 0.6 is 7.77 Å². The molecule has 0 heterocycles. The molecule has 1 atom stereocenters. The number of carbonyl (C=O) groups is 1. The fourth-order valence-corrected chi connectivity index (χ4v) is 2.95. The summed E-state index contributed by atoms with van der Waals surface area (Å²) in [6.07, 6.45) is 0. The average molecular weight is 286 g/mol. The summed E-state index contributed by atoms with van der Waals surface area (Å²) < 4.78 is 4.80. The van der Waals surface area contributed by atoms with Crippen molar-refractivity contribution in [1.29, 1.82) is 0 Å². The Kier molecular flexibility index (Phi) is 5.05. The number of hydrogen-bond acceptors (Lipinski definition) is 3. The van der Waals surface area contributed by atoms with Gasteiger partial charge in [-0.2, -0.15) is 0 Å². The minimum Gasteiger partial charge on any atom is -0.626 e.